The highest BCUT2D eigenvalue weighted by atomic mass is 32.2. The average molecular weight is 452 g/mol. The van der Waals surface area contributed by atoms with Crippen LogP contribution in [0.5, 0.6) is 0 Å². The second-order valence-corrected chi connectivity index (χ2v) is 8.71. The Hall–Kier alpha value is -1.36. The molecular weight excluding hydrogens is 434 g/mol. The summed E-state index contributed by atoms with van der Waals surface area (Å²) in [6.45, 7) is 2.13. The highest BCUT2D eigenvalue weighted by Gasteiger charge is 2.31. The van der Waals surface area contributed by atoms with Gasteiger partial charge in [-0.2, -0.15) is 26.3 Å². The molecule has 0 aliphatic carbocycles. The number of likely N-dealkylation sites (tertiary alicyclic amines) is 1. The Bertz CT molecular complexity index is 808. The maximum absolute atomic E-state index is 12.8. The summed E-state index contributed by atoms with van der Waals surface area (Å²) >= 11 is 1.04. The third kappa shape index (κ3) is 7.13. The maximum atomic E-state index is 12.8. The molecule has 1 fully saturated rings. The first kappa shape index (κ1) is 22.3. The predicted molar refractivity (Wildman–Crippen MR) is 102 cm³/mol. The van der Waals surface area contributed by atoms with Gasteiger partial charge in [0.15, 0.2) is 0 Å². The quantitative estimate of drug-likeness (QED) is 0.319. The van der Waals surface area contributed by atoms with Crippen molar-refractivity contribution in [2.24, 2.45) is 0 Å². The summed E-state index contributed by atoms with van der Waals surface area (Å²) in [5, 5.41) is 0. The molecule has 2 nitrogen and oxygen atoms in total. The van der Waals surface area contributed by atoms with Crippen molar-refractivity contribution in [1.82, 2.24) is 9.62 Å². The third-order valence-corrected chi connectivity index (χ3v) is 6.02. The van der Waals surface area contributed by atoms with Crippen LogP contribution in [-0.2, 0) is 12.7 Å². The van der Waals surface area contributed by atoms with Crippen LogP contribution in [0.15, 0.2) is 58.3 Å². The van der Waals surface area contributed by atoms with Gasteiger partial charge in [0, 0.05) is 35.5 Å². The maximum Gasteiger partial charge on any atom is 0.446 e. The van der Waals surface area contributed by atoms with Crippen LogP contribution in [0.4, 0.5) is 26.3 Å². The molecule has 0 amide bonds. The summed E-state index contributed by atoms with van der Waals surface area (Å²) in [4.78, 5) is 2.81. The fraction of sp³-hybridized carbons (Fsp3) is 0.368. The van der Waals surface area contributed by atoms with E-state index in [0.29, 0.717) is 18.0 Å². The van der Waals surface area contributed by atoms with Crippen molar-refractivity contribution < 1.29 is 26.3 Å². The number of alkyl halides is 6. The number of rotatable bonds is 6. The normalized spacial score (nSPS) is 18.3. The minimum atomic E-state index is -4.37. The highest BCUT2D eigenvalue weighted by Crippen LogP contribution is 2.37. The summed E-state index contributed by atoms with van der Waals surface area (Å²) in [6.07, 6.45) is -3.52. The van der Waals surface area contributed by atoms with E-state index in [1.165, 1.54) is 30.1 Å². The van der Waals surface area contributed by atoms with Crippen molar-refractivity contribution in [2.75, 3.05) is 13.1 Å². The molecule has 0 aromatic heterocycles. The van der Waals surface area contributed by atoms with Crippen LogP contribution < -0.4 is 4.72 Å². The van der Waals surface area contributed by atoms with Crippen LogP contribution in [0.3, 0.4) is 0 Å². The molecule has 158 valence electrons. The summed E-state index contributed by atoms with van der Waals surface area (Å²) in [7, 11) is 0. The van der Waals surface area contributed by atoms with Crippen LogP contribution in [0.2, 0.25) is 0 Å². The molecule has 1 aliphatic rings. The SMILES string of the molecule is FC(F)(F)Sc1ccc(CN2CCC(NSc3cccc(C(F)(F)F)c3)C2)cc1. The van der Waals surface area contributed by atoms with Crippen molar-refractivity contribution in [3.05, 3.63) is 59.7 Å². The summed E-state index contributed by atoms with van der Waals surface area (Å²) in [6, 6.07) is 11.6. The Morgan fingerprint density at radius 1 is 0.966 bits per heavy atom. The largest absolute Gasteiger partial charge is 0.446 e. The lowest BCUT2D eigenvalue weighted by molar-refractivity contribution is -0.137. The highest BCUT2D eigenvalue weighted by molar-refractivity contribution is 8.00. The van der Waals surface area contributed by atoms with Gasteiger partial charge in [0.2, 0.25) is 0 Å². The number of nitrogens with zero attached hydrogens (tertiary/aromatic N) is 1. The summed E-state index contributed by atoms with van der Waals surface area (Å²) in [5.74, 6) is 0. The van der Waals surface area contributed by atoms with E-state index >= 15 is 0 Å². The fourth-order valence-corrected chi connectivity index (χ4v) is 4.38. The number of thioether (sulfide) groups is 1. The Morgan fingerprint density at radius 3 is 2.34 bits per heavy atom. The first-order valence-corrected chi connectivity index (χ1v) is 10.4. The Labute approximate surface area is 173 Å². The zero-order valence-electron chi connectivity index (χ0n) is 15.1. The van der Waals surface area contributed by atoms with Crippen LogP contribution in [0.25, 0.3) is 0 Å². The topological polar surface area (TPSA) is 15.3 Å². The standard InChI is InChI=1S/C19H18F6N2S2/c20-18(21,22)14-2-1-3-17(10-14)29-26-15-8-9-27(12-15)11-13-4-6-16(7-5-13)28-19(23,24)25/h1-7,10,15,26H,8-9,11-12H2. The van der Waals surface area contributed by atoms with E-state index in [2.05, 4.69) is 9.62 Å². The van der Waals surface area contributed by atoms with Gasteiger partial charge >= 0.3 is 11.7 Å². The zero-order valence-corrected chi connectivity index (χ0v) is 16.7. The van der Waals surface area contributed by atoms with E-state index in [1.807, 2.05) is 0 Å². The number of hydrogen-bond donors (Lipinski definition) is 1. The molecule has 29 heavy (non-hydrogen) atoms. The van der Waals surface area contributed by atoms with Crippen LogP contribution >= 0.6 is 23.7 Å². The molecule has 1 saturated heterocycles. The van der Waals surface area contributed by atoms with Gasteiger partial charge in [0.1, 0.15) is 0 Å². The molecule has 1 unspecified atom stereocenters. The van der Waals surface area contributed by atoms with Crippen LogP contribution in [0.1, 0.15) is 17.5 Å². The monoisotopic (exact) mass is 452 g/mol. The lowest BCUT2D eigenvalue weighted by Crippen LogP contribution is -2.28. The predicted octanol–water partition coefficient (Wildman–Crippen LogP) is 6.19. The van der Waals surface area contributed by atoms with E-state index in [4.69, 9.17) is 0 Å². The molecule has 2 aromatic carbocycles. The molecule has 0 bridgehead atoms. The summed E-state index contributed by atoms with van der Waals surface area (Å²) in [5.41, 5.74) is -4.06. The van der Waals surface area contributed by atoms with Gasteiger partial charge in [-0.15, -0.1) is 0 Å². The molecule has 0 radical (unpaired) electrons. The second kappa shape index (κ2) is 9.20. The smallest absolute Gasteiger partial charge is 0.297 e. The van der Waals surface area contributed by atoms with E-state index in [-0.39, 0.29) is 22.7 Å². The molecule has 3 rings (SSSR count). The van der Waals surface area contributed by atoms with Crippen LogP contribution in [-0.4, -0.2) is 29.5 Å². The van der Waals surface area contributed by atoms with E-state index < -0.39 is 17.2 Å². The van der Waals surface area contributed by atoms with Crippen molar-refractivity contribution in [1.29, 1.82) is 0 Å². The van der Waals surface area contributed by atoms with Gasteiger partial charge in [-0.25, -0.2) is 0 Å². The first-order chi connectivity index (χ1) is 13.6. The Balaban J connectivity index is 1.47. The van der Waals surface area contributed by atoms with E-state index in [9.17, 15) is 26.3 Å². The molecule has 1 aliphatic heterocycles. The molecule has 1 atom stereocenters. The summed E-state index contributed by atoms with van der Waals surface area (Å²) < 4.78 is 78.7. The van der Waals surface area contributed by atoms with E-state index in [1.54, 1.807) is 18.2 Å². The van der Waals surface area contributed by atoms with Gasteiger partial charge < -0.3 is 0 Å². The van der Waals surface area contributed by atoms with Gasteiger partial charge in [-0.1, -0.05) is 18.2 Å². The third-order valence-electron chi connectivity index (χ3n) is 4.34. The minimum Gasteiger partial charge on any atom is -0.297 e. The molecule has 1 heterocycles. The van der Waals surface area contributed by atoms with Crippen molar-refractivity contribution >= 4 is 23.7 Å². The number of hydrogen-bond acceptors (Lipinski definition) is 4. The number of halogens is 6. The molecule has 10 heteroatoms. The van der Waals surface area contributed by atoms with Gasteiger partial charge in [-0.3, -0.25) is 9.62 Å². The molecule has 2 aromatic rings. The lowest BCUT2D eigenvalue weighted by atomic mass is 10.2. The Kier molecular flexibility index (Phi) is 7.08. The van der Waals surface area contributed by atoms with Crippen LogP contribution in [0, 0.1) is 0 Å². The fourth-order valence-electron chi connectivity index (χ4n) is 3.01. The van der Waals surface area contributed by atoms with E-state index in [0.717, 1.165) is 30.7 Å². The minimum absolute atomic E-state index is 0.120. The lowest BCUT2D eigenvalue weighted by Gasteiger charge is -2.17. The number of nitrogens with one attached hydrogen (secondary N) is 1. The molecule has 1 N–H and O–H groups in total. The second-order valence-electron chi connectivity index (χ2n) is 6.66. The first-order valence-electron chi connectivity index (χ1n) is 8.75. The average Bonchev–Trinajstić information content (AvgIpc) is 3.07. The van der Waals surface area contributed by atoms with Gasteiger partial charge in [-0.05, 0) is 66.0 Å². The van der Waals surface area contributed by atoms with Gasteiger partial charge in [0.25, 0.3) is 0 Å². The van der Waals surface area contributed by atoms with Crippen molar-refractivity contribution in [3.8, 4) is 0 Å². The molecule has 0 saturated carbocycles. The van der Waals surface area contributed by atoms with Crippen molar-refractivity contribution in [2.45, 2.75) is 40.5 Å². The van der Waals surface area contributed by atoms with Crippen molar-refractivity contribution in [3.63, 3.8) is 0 Å². The molecular formula is C19H18F6N2S2. The van der Waals surface area contributed by atoms with Gasteiger partial charge in [0.05, 0.1) is 5.56 Å². The molecule has 0 spiro atoms. The zero-order chi connectivity index (χ0) is 21.1. The number of benzene rings is 2. The Morgan fingerprint density at radius 2 is 1.69 bits per heavy atom.